The van der Waals surface area contributed by atoms with Crippen LogP contribution in [0.15, 0.2) is 27.5 Å². The fourth-order valence-electron chi connectivity index (χ4n) is 2.44. The van der Waals surface area contributed by atoms with Gasteiger partial charge in [-0.3, -0.25) is 4.79 Å². The first-order valence-corrected chi connectivity index (χ1v) is 7.59. The van der Waals surface area contributed by atoms with E-state index in [4.69, 9.17) is 20.9 Å². The molecule has 7 nitrogen and oxygen atoms in total. The minimum atomic E-state index is -0.208. The lowest BCUT2D eigenvalue weighted by Crippen LogP contribution is -2.18. The Balaban J connectivity index is 1.96. The van der Waals surface area contributed by atoms with Crippen molar-refractivity contribution in [3.63, 3.8) is 0 Å². The van der Waals surface area contributed by atoms with E-state index in [0.29, 0.717) is 45.1 Å². The smallest absolute Gasteiger partial charge is 0.254 e. The highest BCUT2D eigenvalue weighted by atomic mass is 35.5. The van der Waals surface area contributed by atoms with Gasteiger partial charge in [0.05, 0.1) is 24.1 Å². The number of halogens is 1. The molecule has 0 amide bonds. The van der Waals surface area contributed by atoms with Gasteiger partial charge < -0.3 is 14.2 Å². The van der Waals surface area contributed by atoms with Crippen molar-refractivity contribution < 1.29 is 9.26 Å². The summed E-state index contributed by atoms with van der Waals surface area (Å²) < 4.78 is 10.6. The Morgan fingerprint density at radius 2 is 2.08 bits per heavy atom. The van der Waals surface area contributed by atoms with Gasteiger partial charge in [-0.2, -0.15) is 4.98 Å². The third-order valence-electron chi connectivity index (χ3n) is 3.55. The predicted octanol–water partition coefficient (Wildman–Crippen LogP) is 2.69. The number of nitrogens with zero attached hydrogens (tertiary/aromatic N) is 3. The minimum absolute atomic E-state index is 0.199. The first kappa shape index (κ1) is 16.2. The summed E-state index contributed by atoms with van der Waals surface area (Å²) in [6.07, 6.45) is 0.199. The van der Waals surface area contributed by atoms with Crippen LogP contribution in [0.2, 0.25) is 5.02 Å². The van der Waals surface area contributed by atoms with Crippen molar-refractivity contribution in [3.8, 4) is 17.1 Å². The number of benzene rings is 1. The molecule has 1 N–H and O–H groups in total. The van der Waals surface area contributed by atoms with E-state index in [9.17, 15) is 4.79 Å². The number of hydrogen-bond donors (Lipinski definition) is 1. The topological polar surface area (TPSA) is 93.9 Å². The average molecular weight is 347 g/mol. The van der Waals surface area contributed by atoms with Crippen LogP contribution in [0.3, 0.4) is 0 Å². The van der Waals surface area contributed by atoms with E-state index in [1.54, 1.807) is 32.0 Å². The zero-order valence-corrected chi connectivity index (χ0v) is 14.1. The summed E-state index contributed by atoms with van der Waals surface area (Å²) >= 11 is 6.11. The molecular formula is C16H15ClN4O3. The number of aryl methyl sites for hydroxylation is 2. The van der Waals surface area contributed by atoms with Crippen LogP contribution in [0.1, 0.15) is 23.0 Å². The van der Waals surface area contributed by atoms with Crippen LogP contribution in [0.5, 0.6) is 5.75 Å². The van der Waals surface area contributed by atoms with Gasteiger partial charge in [-0.15, -0.1) is 0 Å². The van der Waals surface area contributed by atoms with Gasteiger partial charge in [-0.25, -0.2) is 4.98 Å². The zero-order chi connectivity index (χ0) is 17.3. The molecule has 0 saturated carbocycles. The molecule has 0 unspecified atom stereocenters. The third kappa shape index (κ3) is 3.03. The molecule has 1 aromatic carbocycles. The Labute approximate surface area is 142 Å². The molecule has 2 heterocycles. The average Bonchev–Trinajstić information content (AvgIpc) is 2.99. The second kappa shape index (κ2) is 6.45. The molecule has 0 fully saturated rings. The van der Waals surface area contributed by atoms with Gasteiger partial charge in [0.15, 0.2) is 0 Å². The Kier molecular flexibility index (Phi) is 4.35. The van der Waals surface area contributed by atoms with Crippen LogP contribution >= 0.6 is 11.6 Å². The SMILES string of the molecule is COc1c(Cl)cccc1-c1noc(Cc2c(C)nc(C)[nH]c2=O)n1. The van der Waals surface area contributed by atoms with E-state index >= 15 is 0 Å². The Bertz CT molecular complexity index is 949. The third-order valence-corrected chi connectivity index (χ3v) is 3.85. The Morgan fingerprint density at radius 1 is 1.29 bits per heavy atom. The minimum Gasteiger partial charge on any atom is -0.494 e. The van der Waals surface area contributed by atoms with E-state index in [1.165, 1.54) is 7.11 Å². The highest BCUT2D eigenvalue weighted by molar-refractivity contribution is 6.32. The van der Waals surface area contributed by atoms with Gasteiger partial charge in [-0.1, -0.05) is 22.8 Å². The van der Waals surface area contributed by atoms with Gasteiger partial charge >= 0.3 is 0 Å². The Morgan fingerprint density at radius 3 is 2.79 bits per heavy atom. The Hall–Kier alpha value is -2.67. The maximum atomic E-state index is 12.1. The number of methoxy groups -OCH3 is 1. The lowest BCUT2D eigenvalue weighted by atomic mass is 10.1. The van der Waals surface area contributed by atoms with Crippen molar-refractivity contribution in [2.24, 2.45) is 0 Å². The molecule has 0 saturated heterocycles. The van der Waals surface area contributed by atoms with Crippen LogP contribution in [0.25, 0.3) is 11.4 Å². The summed E-state index contributed by atoms with van der Waals surface area (Å²) in [5.74, 6) is 1.69. The van der Waals surface area contributed by atoms with Crippen LogP contribution in [0.4, 0.5) is 0 Å². The van der Waals surface area contributed by atoms with Crippen molar-refractivity contribution >= 4 is 11.6 Å². The summed E-state index contributed by atoms with van der Waals surface area (Å²) in [6, 6.07) is 5.27. The maximum absolute atomic E-state index is 12.1. The highest BCUT2D eigenvalue weighted by Crippen LogP contribution is 2.34. The molecule has 0 bridgehead atoms. The van der Waals surface area contributed by atoms with Gasteiger partial charge in [0, 0.05) is 11.3 Å². The number of H-pyrrole nitrogens is 1. The summed E-state index contributed by atoms with van der Waals surface area (Å²) in [4.78, 5) is 23.3. The molecule has 3 rings (SSSR count). The lowest BCUT2D eigenvalue weighted by Gasteiger charge is -2.06. The molecule has 0 aliphatic carbocycles. The highest BCUT2D eigenvalue weighted by Gasteiger charge is 2.17. The number of aromatic amines is 1. The summed E-state index contributed by atoms with van der Waals surface area (Å²) in [6.45, 7) is 3.50. The first-order chi connectivity index (χ1) is 11.5. The van der Waals surface area contributed by atoms with Crippen LogP contribution in [-0.4, -0.2) is 27.2 Å². The first-order valence-electron chi connectivity index (χ1n) is 7.21. The number of rotatable bonds is 4. The van der Waals surface area contributed by atoms with Crippen molar-refractivity contribution in [2.45, 2.75) is 20.3 Å². The summed E-state index contributed by atoms with van der Waals surface area (Å²) in [7, 11) is 1.52. The number of hydrogen-bond acceptors (Lipinski definition) is 6. The maximum Gasteiger partial charge on any atom is 0.254 e. The van der Waals surface area contributed by atoms with Crippen LogP contribution < -0.4 is 10.3 Å². The molecule has 24 heavy (non-hydrogen) atoms. The summed E-state index contributed by atoms with van der Waals surface area (Å²) in [5.41, 5.74) is 1.54. The lowest BCUT2D eigenvalue weighted by molar-refractivity contribution is 0.384. The molecule has 0 aliphatic rings. The van der Waals surface area contributed by atoms with Crippen molar-refractivity contribution in [1.29, 1.82) is 0 Å². The van der Waals surface area contributed by atoms with E-state index in [0.717, 1.165) is 0 Å². The second-order valence-electron chi connectivity index (χ2n) is 5.22. The normalized spacial score (nSPS) is 10.8. The standard InChI is InChI=1S/C16H15ClN4O3/c1-8-11(16(22)19-9(2)18-8)7-13-20-15(21-24-13)10-5-4-6-12(17)14(10)23-3/h4-6H,7H2,1-3H3,(H,18,19,22). The monoisotopic (exact) mass is 346 g/mol. The fraction of sp³-hybridized carbons (Fsp3) is 0.250. The van der Waals surface area contributed by atoms with Crippen molar-refractivity contribution in [3.05, 3.63) is 56.5 Å². The second-order valence-corrected chi connectivity index (χ2v) is 5.63. The van der Waals surface area contributed by atoms with Crippen LogP contribution in [-0.2, 0) is 6.42 Å². The van der Waals surface area contributed by atoms with Gasteiger partial charge in [-0.05, 0) is 26.0 Å². The van der Waals surface area contributed by atoms with E-state index in [1.807, 2.05) is 0 Å². The molecular weight excluding hydrogens is 332 g/mol. The quantitative estimate of drug-likeness (QED) is 0.780. The molecule has 124 valence electrons. The molecule has 3 aromatic rings. The molecule has 2 aromatic heterocycles. The molecule has 0 atom stereocenters. The molecule has 0 aliphatic heterocycles. The zero-order valence-electron chi connectivity index (χ0n) is 13.4. The van der Waals surface area contributed by atoms with Crippen LogP contribution in [0, 0.1) is 13.8 Å². The number of aromatic nitrogens is 4. The number of ether oxygens (including phenoxy) is 1. The van der Waals surface area contributed by atoms with Gasteiger partial charge in [0.2, 0.25) is 11.7 Å². The van der Waals surface area contributed by atoms with E-state index < -0.39 is 0 Å². The van der Waals surface area contributed by atoms with Gasteiger partial charge in [0.25, 0.3) is 5.56 Å². The molecule has 8 heteroatoms. The van der Waals surface area contributed by atoms with Crippen molar-refractivity contribution in [1.82, 2.24) is 20.1 Å². The largest absolute Gasteiger partial charge is 0.494 e. The van der Waals surface area contributed by atoms with Gasteiger partial charge in [0.1, 0.15) is 11.6 Å². The summed E-state index contributed by atoms with van der Waals surface area (Å²) in [5, 5.41) is 4.41. The number of nitrogens with one attached hydrogen (secondary N) is 1. The molecule has 0 radical (unpaired) electrons. The number of para-hydroxylation sites is 1. The van der Waals surface area contributed by atoms with Crippen molar-refractivity contribution in [2.75, 3.05) is 7.11 Å². The van der Waals surface area contributed by atoms with E-state index in [-0.39, 0.29) is 12.0 Å². The fourth-order valence-corrected chi connectivity index (χ4v) is 2.69. The predicted molar refractivity (Wildman–Crippen MR) is 88.4 cm³/mol. The molecule has 0 spiro atoms. The van der Waals surface area contributed by atoms with E-state index in [2.05, 4.69) is 20.1 Å².